The van der Waals surface area contributed by atoms with Gasteiger partial charge in [-0.3, -0.25) is 9.69 Å². The van der Waals surface area contributed by atoms with Gasteiger partial charge in [0.1, 0.15) is 18.1 Å². The molecule has 0 radical (unpaired) electrons. The van der Waals surface area contributed by atoms with Crippen molar-refractivity contribution in [1.82, 2.24) is 14.8 Å². The summed E-state index contributed by atoms with van der Waals surface area (Å²) in [6, 6.07) is 11.2. The maximum atomic E-state index is 13.0. The molecule has 1 aromatic carbocycles. The minimum Gasteiger partial charge on any atom is -0.484 e. The summed E-state index contributed by atoms with van der Waals surface area (Å²) in [7, 11) is 0. The Balaban J connectivity index is 1.30. The number of carbonyl (C=O) groups excluding carboxylic acids is 1. The van der Waals surface area contributed by atoms with Crippen LogP contribution in [0.5, 0.6) is 5.75 Å². The third-order valence-corrected chi connectivity index (χ3v) is 7.51. The topological polar surface area (TPSA) is 58.8 Å². The Hall–Kier alpha value is -2.16. The number of halogens is 1. The highest BCUT2D eigenvalue weighted by molar-refractivity contribution is 9.10. The van der Waals surface area contributed by atoms with Crippen LogP contribution in [-0.4, -0.2) is 46.9 Å². The molecule has 3 heterocycles. The summed E-state index contributed by atoms with van der Waals surface area (Å²) in [5, 5.41) is 3.33. The maximum absolute atomic E-state index is 13.0. The molecule has 0 spiro atoms. The number of carbonyl (C=O) groups is 1. The van der Waals surface area contributed by atoms with Crippen molar-refractivity contribution < 1.29 is 13.9 Å². The van der Waals surface area contributed by atoms with Crippen LogP contribution in [0.1, 0.15) is 54.2 Å². The van der Waals surface area contributed by atoms with Gasteiger partial charge in [0.15, 0.2) is 5.76 Å². The summed E-state index contributed by atoms with van der Waals surface area (Å²) < 4.78 is 12.5. The lowest BCUT2D eigenvalue weighted by molar-refractivity contribution is 0.0725. The predicted octanol–water partition coefficient (Wildman–Crippen LogP) is 5.72. The molecule has 3 aromatic rings. The number of hydrogen-bond acceptors (Lipinski definition) is 6. The molecule has 1 aliphatic rings. The summed E-state index contributed by atoms with van der Waals surface area (Å²) in [5.74, 6) is 1.67. The lowest BCUT2D eigenvalue weighted by Gasteiger charge is -2.21. The molecule has 33 heavy (non-hydrogen) atoms. The zero-order chi connectivity index (χ0) is 23.4. The number of aromatic nitrogens is 1. The fraction of sp³-hybridized carbons (Fsp3) is 0.440. The molecular formula is C25H30BrN3O3S. The lowest BCUT2D eigenvalue weighted by atomic mass is 9.98. The zero-order valence-electron chi connectivity index (χ0n) is 19.3. The molecule has 0 N–H and O–H groups in total. The minimum atomic E-state index is -0.0623. The van der Waals surface area contributed by atoms with E-state index in [9.17, 15) is 4.79 Å². The molecule has 0 atom stereocenters. The van der Waals surface area contributed by atoms with Crippen molar-refractivity contribution in [1.29, 1.82) is 0 Å². The predicted molar refractivity (Wildman–Crippen MR) is 134 cm³/mol. The number of hydrogen-bond donors (Lipinski definition) is 0. The Labute approximate surface area is 207 Å². The van der Waals surface area contributed by atoms with Crippen molar-refractivity contribution in [2.45, 2.75) is 45.8 Å². The number of thiazole rings is 1. The van der Waals surface area contributed by atoms with Crippen LogP contribution in [-0.2, 0) is 18.6 Å². The third-order valence-electron chi connectivity index (χ3n) is 5.53. The second-order valence-corrected chi connectivity index (χ2v) is 11.0. The first-order valence-corrected chi connectivity index (χ1v) is 12.9. The first kappa shape index (κ1) is 24.0. The van der Waals surface area contributed by atoms with Gasteiger partial charge in [-0.1, -0.05) is 32.9 Å². The number of amides is 1. The van der Waals surface area contributed by atoms with E-state index in [2.05, 4.69) is 47.0 Å². The molecule has 0 bridgehead atoms. The summed E-state index contributed by atoms with van der Waals surface area (Å²) in [6.07, 6.45) is 0.931. The normalized spacial score (nSPS) is 15.5. The second kappa shape index (κ2) is 10.4. The number of para-hydroxylation sites is 1. The summed E-state index contributed by atoms with van der Waals surface area (Å²) >= 11 is 5.20. The Kier molecular flexibility index (Phi) is 7.56. The molecule has 8 heteroatoms. The van der Waals surface area contributed by atoms with E-state index < -0.39 is 0 Å². The third kappa shape index (κ3) is 6.25. The van der Waals surface area contributed by atoms with Crippen LogP contribution < -0.4 is 4.74 Å². The first-order valence-electron chi connectivity index (χ1n) is 11.2. The Morgan fingerprint density at radius 1 is 1.15 bits per heavy atom. The van der Waals surface area contributed by atoms with Crippen LogP contribution in [0.15, 0.2) is 50.7 Å². The summed E-state index contributed by atoms with van der Waals surface area (Å²) in [5.41, 5.74) is 1.19. The van der Waals surface area contributed by atoms with Gasteiger partial charge in [-0.25, -0.2) is 4.98 Å². The van der Waals surface area contributed by atoms with Crippen molar-refractivity contribution in [2.75, 3.05) is 26.2 Å². The van der Waals surface area contributed by atoms with Crippen LogP contribution in [0.4, 0.5) is 0 Å². The molecule has 1 amide bonds. The number of ether oxygens (including phenoxy) is 1. The highest BCUT2D eigenvalue weighted by Gasteiger charge is 2.24. The molecular weight excluding hydrogens is 502 g/mol. The zero-order valence-corrected chi connectivity index (χ0v) is 21.7. The van der Waals surface area contributed by atoms with E-state index >= 15 is 0 Å². The molecule has 176 valence electrons. The molecule has 1 fully saturated rings. The Morgan fingerprint density at radius 3 is 2.73 bits per heavy atom. The highest BCUT2D eigenvalue weighted by Crippen LogP contribution is 2.27. The second-order valence-electron chi connectivity index (χ2n) is 9.30. The number of nitrogens with zero attached hydrogens (tertiary/aromatic N) is 3. The van der Waals surface area contributed by atoms with E-state index in [1.165, 1.54) is 5.01 Å². The summed E-state index contributed by atoms with van der Waals surface area (Å²) in [4.78, 5) is 22.1. The molecule has 0 aliphatic carbocycles. The van der Waals surface area contributed by atoms with Gasteiger partial charge < -0.3 is 14.1 Å². The molecule has 6 nitrogen and oxygen atoms in total. The number of rotatable bonds is 6. The molecule has 1 saturated heterocycles. The average Bonchev–Trinajstić information content (AvgIpc) is 3.39. The van der Waals surface area contributed by atoms with E-state index in [0.717, 1.165) is 48.5 Å². The van der Waals surface area contributed by atoms with Crippen LogP contribution in [0, 0.1) is 0 Å². The fourth-order valence-corrected chi connectivity index (χ4v) is 5.02. The molecule has 0 saturated carbocycles. The van der Waals surface area contributed by atoms with E-state index in [1.54, 1.807) is 17.4 Å². The van der Waals surface area contributed by atoms with Gasteiger partial charge in [0, 0.05) is 43.5 Å². The van der Waals surface area contributed by atoms with E-state index in [1.807, 2.05) is 35.2 Å². The van der Waals surface area contributed by atoms with Gasteiger partial charge in [0.2, 0.25) is 0 Å². The van der Waals surface area contributed by atoms with Gasteiger partial charge in [-0.2, -0.15) is 0 Å². The van der Waals surface area contributed by atoms with Gasteiger partial charge in [-0.15, -0.1) is 11.3 Å². The average molecular weight is 533 g/mol. The fourth-order valence-electron chi connectivity index (χ4n) is 3.72. The van der Waals surface area contributed by atoms with Crippen molar-refractivity contribution in [3.05, 3.63) is 68.5 Å². The van der Waals surface area contributed by atoms with Gasteiger partial charge in [0.05, 0.1) is 15.2 Å². The highest BCUT2D eigenvalue weighted by atomic mass is 79.9. The van der Waals surface area contributed by atoms with Crippen LogP contribution in [0.2, 0.25) is 0 Å². The molecule has 2 aromatic heterocycles. The molecule has 4 rings (SSSR count). The minimum absolute atomic E-state index is 0.0623. The van der Waals surface area contributed by atoms with Gasteiger partial charge in [-0.05, 0) is 46.6 Å². The number of furan rings is 1. The quantitative estimate of drug-likeness (QED) is 0.406. The largest absolute Gasteiger partial charge is 0.484 e. The SMILES string of the molecule is CC(C)(C)c1nc(CN2CCCN(C(=O)c3ccc(COc4ccccc4Br)o3)CC2)cs1. The van der Waals surface area contributed by atoms with Crippen LogP contribution in [0.25, 0.3) is 0 Å². The van der Waals surface area contributed by atoms with Crippen molar-refractivity contribution in [2.24, 2.45) is 0 Å². The molecule has 0 unspecified atom stereocenters. The monoisotopic (exact) mass is 531 g/mol. The Bertz CT molecular complexity index is 1090. The van der Waals surface area contributed by atoms with Gasteiger partial charge in [0.25, 0.3) is 5.91 Å². The van der Waals surface area contributed by atoms with Crippen molar-refractivity contribution in [3.8, 4) is 5.75 Å². The first-order chi connectivity index (χ1) is 15.8. The Morgan fingerprint density at radius 2 is 1.97 bits per heavy atom. The maximum Gasteiger partial charge on any atom is 0.289 e. The van der Waals surface area contributed by atoms with Gasteiger partial charge >= 0.3 is 0 Å². The lowest BCUT2D eigenvalue weighted by Crippen LogP contribution is -2.35. The number of benzene rings is 1. The van der Waals surface area contributed by atoms with E-state index in [-0.39, 0.29) is 17.9 Å². The summed E-state index contributed by atoms with van der Waals surface area (Å²) in [6.45, 7) is 10.9. The van der Waals surface area contributed by atoms with Crippen molar-refractivity contribution in [3.63, 3.8) is 0 Å². The van der Waals surface area contributed by atoms with E-state index in [0.29, 0.717) is 18.1 Å². The smallest absolute Gasteiger partial charge is 0.289 e. The molecule has 1 aliphatic heterocycles. The van der Waals surface area contributed by atoms with Crippen LogP contribution >= 0.6 is 27.3 Å². The van der Waals surface area contributed by atoms with Crippen molar-refractivity contribution >= 4 is 33.2 Å². The van der Waals surface area contributed by atoms with E-state index in [4.69, 9.17) is 14.1 Å². The van der Waals surface area contributed by atoms with Crippen LogP contribution in [0.3, 0.4) is 0 Å². The standard InChI is InChI=1S/C25H30BrN3O3S/c1-25(2,3)24-27-18(17-33-24)15-28-11-6-12-29(14-13-28)23(30)22-10-9-19(32-22)16-31-21-8-5-4-7-20(21)26/h4-5,7-10,17H,6,11-16H2,1-3H3.